The first-order chi connectivity index (χ1) is 14.1. The molecule has 3 rings (SSSR count). The molecule has 0 bridgehead atoms. The largest absolute Gasteiger partial charge is 0.396 e. The molecule has 1 fully saturated rings. The molecule has 5 nitrogen and oxygen atoms in total. The Morgan fingerprint density at radius 1 is 1.03 bits per heavy atom. The molecule has 1 aromatic carbocycles. The maximum absolute atomic E-state index is 12.8. The number of fused-ring (bicyclic) bond motifs is 1. The zero-order chi connectivity index (χ0) is 21.9. The highest BCUT2D eigenvalue weighted by molar-refractivity contribution is 5.85. The number of urea groups is 1. The molecule has 0 saturated carbocycles. The number of nitrogens with zero attached hydrogens (tertiary/aromatic N) is 2. The van der Waals surface area contributed by atoms with Crippen molar-refractivity contribution in [3.8, 4) is 0 Å². The van der Waals surface area contributed by atoms with Gasteiger partial charge in [-0.25, -0.2) is 4.79 Å². The van der Waals surface area contributed by atoms with Crippen LogP contribution in [0.15, 0.2) is 24.8 Å². The number of hydrogen-bond donors (Lipinski definition) is 2. The Morgan fingerprint density at radius 2 is 1.67 bits per heavy atom. The van der Waals surface area contributed by atoms with Crippen LogP contribution in [0.3, 0.4) is 0 Å². The van der Waals surface area contributed by atoms with Crippen LogP contribution in [0.25, 0.3) is 5.70 Å². The van der Waals surface area contributed by atoms with Crippen LogP contribution in [0.4, 0.5) is 4.79 Å². The average molecular weight is 414 g/mol. The van der Waals surface area contributed by atoms with Gasteiger partial charge < -0.3 is 15.3 Å². The fourth-order valence-electron chi connectivity index (χ4n) is 4.68. The first-order valence-electron chi connectivity index (χ1n) is 11.4. The maximum atomic E-state index is 12.8. The van der Waals surface area contributed by atoms with E-state index in [0.717, 1.165) is 57.5 Å². The molecule has 30 heavy (non-hydrogen) atoms. The molecule has 1 heterocycles. The fourth-order valence-corrected chi connectivity index (χ4v) is 4.68. The van der Waals surface area contributed by atoms with Crippen molar-refractivity contribution >= 4 is 11.7 Å². The van der Waals surface area contributed by atoms with Crippen LogP contribution >= 0.6 is 0 Å². The molecule has 0 aromatic heterocycles. The van der Waals surface area contributed by atoms with Crippen molar-refractivity contribution in [3.05, 3.63) is 41.5 Å². The summed E-state index contributed by atoms with van der Waals surface area (Å²) in [7, 11) is 0. The minimum Gasteiger partial charge on any atom is -0.396 e. The molecule has 2 aliphatic rings. The monoisotopic (exact) mass is 413 g/mol. The molecular weight excluding hydrogens is 374 g/mol. The van der Waals surface area contributed by atoms with E-state index in [9.17, 15) is 4.79 Å². The summed E-state index contributed by atoms with van der Waals surface area (Å²) in [6.45, 7) is 17.9. The normalized spacial score (nSPS) is 20.5. The third-order valence-corrected chi connectivity index (χ3v) is 7.00. The quantitative estimate of drug-likeness (QED) is 0.690. The summed E-state index contributed by atoms with van der Waals surface area (Å²) in [4.78, 5) is 17.0. The van der Waals surface area contributed by atoms with Gasteiger partial charge in [-0.2, -0.15) is 0 Å². The minimum atomic E-state index is -0.0627. The zero-order valence-corrected chi connectivity index (χ0v) is 19.3. The Balaban J connectivity index is 1.61. The summed E-state index contributed by atoms with van der Waals surface area (Å²) in [5, 5.41) is 11.9. The van der Waals surface area contributed by atoms with Gasteiger partial charge in [0.05, 0.1) is 0 Å². The van der Waals surface area contributed by atoms with Gasteiger partial charge in [0, 0.05) is 38.5 Å². The third kappa shape index (κ3) is 5.06. The Labute approximate surface area is 182 Å². The Hall–Kier alpha value is -1.85. The Morgan fingerprint density at radius 3 is 2.30 bits per heavy atom. The summed E-state index contributed by atoms with van der Waals surface area (Å²) >= 11 is 0. The van der Waals surface area contributed by atoms with Crippen molar-refractivity contribution < 1.29 is 9.90 Å². The highest BCUT2D eigenvalue weighted by Crippen LogP contribution is 2.46. The molecule has 166 valence electrons. The van der Waals surface area contributed by atoms with Crippen molar-refractivity contribution in [2.75, 3.05) is 39.3 Å². The van der Waals surface area contributed by atoms with E-state index in [2.05, 4.69) is 62.7 Å². The first kappa shape index (κ1) is 22.8. The van der Waals surface area contributed by atoms with E-state index in [1.165, 1.54) is 17.5 Å². The number of unbranched alkanes of at least 4 members (excludes halogenated alkanes) is 1. The van der Waals surface area contributed by atoms with Crippen LogP contribution < -0.4 is 5.32 Å². The lowest BCUT2D eigenvalue weighted by molar-refractivity contribution is 0.138. The van der Waals surface area contributed by atoms with Crippen molar-refractivity contribution in [1.29, 1.82) is 0 Å². The second-order valence-electron chi connectivity index (χ2n) is 10.2. The second-order valence-corrected chi connectivity index (χ2v) is 10.2. The zero-order valence-electron chi connectivity index (χ0n) is 19.3. The van der Waals surface area contributed by atoms with Crippen molar-refractivity contribution in [3.63, 3.8) is 0 Å². The van der Waals surface area contributed by atoms with Crippen LogP contribution in [0.2, 0.25) is 0 Å². The van der Waals surface area contributed by atoms with Gasteiger partial charge in [-0.15, -0.1) is 0 Å². The average Bonchev–Trinajstić information content (AvgIpc) is 2.72. The van der Waals surface area contributed by atoms with Crippen molar-refractivity contribution in [2.24, 2.45) is 0 Å². The molecule has 0 radical (unpaired) electrons. The highest BCUT2D eigenvalue weighted by Gasteiger charge is 2.37. The molecular formula is C25H39N3O2. The van der Waals surface area contributed by atoms with Crippen molar-refractivity contribution in [1.82, 2.24) is 15.1 Å². The molecule has 2 N–H and O–H groups in total. The van der Waals surface area contributed by atoms with E-state index in [1.54, 1.807) is 0 Å². The standard InChI is InChI=1S/C25H39N3O2/c1-19(26-23(30)28-15-13-27(14-16-28)12-6-7-17-29)20-8-9-21-22(18-20)25(4,5)11-10-24(21,2)3/h8-9,18,29H,1,6-7,10-17H2,2-5H3,(H,26,30). The molecule has 1 saturated heterocycles. The smallest absolute Gasteiger partial charge is 0.321 e. The number of amides is 2. The number of rotatable bonds is 6. The van der Waals surface area contributed by atoms with Gasteiger partial charge in [-0.1, -0.05) is 46.4 Å². The molecule has 0 unspecified atom stereocenters. The molecule has 1 aromatic rings. The molecule has 1 aliphatic heterocycles. The lowest BCUT2D eigenvalue weighted by Gasteiger charge is -2.42. The van der Waals surface area contributed by atoms with E-state index < -0.39 is 0 Å². The molecule has 5 heteroatoms. The van der Waals surface area contributed by atoms with Crippen molar-refractivity contribution in [2.45, 2.75) is 64.2 Å². The van der Waals surface area contributed by atoms with E-state index in [0.29, 0.717) is 5.70 Å². The van der Waals surface area contributed by atoms with Crippen LogP contribution in [0.1, 0.15) is 70.1 Å². The number of hydrogen-bond acceptors (Lipinski definition) is 3. The summed E-state index contributed by atoms with van der Waals surface area (Å²) in [5.74, 6) is 0. The van der Waals surface area contributed by atoms with Gasteiger partial charge >= 0.3 is 6.03 Å². The SMILES string of the molecule is C=C(NC(=O)N1CCN(CCCCO)CC1)c1ccc2c(c1)C(C)(C)CCC2(C)C. The van der Waals surface area contributed by atoms with Gasteiger partial charge in [-0.05, 0) is 65.8 Å². The Bertz CT molecular complexity index is 777. The van der Waals surface area contributed by atoms with Crippen LogP contribution in [-0.4, -0.2) is 60.3 Å². The van der Waals surface area contributed by atoms with Gasteiger partial charge in [0.25, 0.3) is 0 Å². The van der Waals surface area contributed by atoms with E-state index in [4.69, 9.17) is 5.11 Å². The minimum absolute atomic E-state index is 0.0627. The number of nitrogens with one attached hydrogen (secondary N) is 1. The van der Waals surface area contributed by atoms with E-state index in [-0.39, 0.29) is 23.5 Å². The lowest BCUT2D eigenvalue weighted by atomic mass is 9.63. The second kappa shape index (κ2) is 9.11. The molecule has 0 spiro atoms. The summed E-state index contributed by atoms with van der Waals surface area (Å²) < 4.78 is 0. The number of carbonyl (C=O) groups is 1. The molecule has 1 aliphatic carbocycles. The van der Waals surface area contributed by atoms with Crippen LogP contribution in [-0.2, 0) is 10.8 Å². The van der Waals surface area contributed by atoms with Gasteiger partial charge in [-0.3, -0.25) is 4.90 Å². The fraction of sp³-hybridized carbons (Fsp3) is 0.640. The molecule has 2 amide bonds. The van der Waals surface area contributed by atoms with Gasteiger partial charge in [0.15, 0.2) is 0 Å². The van der Waals surface area contributed by atoms with Gasteiger partial charge in [0.2, 0.25) is 0 Å². The van der Waals surface area contributed by atoms with Crippen LogP contribution in [0.5, 0.6) is 0 Å². The summed E-state index contributed by atoms with van der Waals surface area (Å²) in [5.41, 5.74) is 4.78. The van der Waals surface area contributed by atoms with E-state index >= 15 is 0 Å². The number of aliphatic hydroxyl groups is 1. The number of benzene rings is 1. The maximum Gasteiger partial charge on any atom is 0.321 e. The highest BCUT2D eigenvalue weighted by atomic mass is 16.3. The Kier molecular flexibility index (Phi) is 6.93. The number of piperazine rings is 1. The lowest BCUT2D eigenvalue weighted by Crippen LogP contribution is -2.51. The summed E-state index contributed by atoms with van der Waals surface area (Å²) in [6, 6.07) is 6.50. The van der Waals surface area contributed by atoms with E-state index in [1.807, 2.05) is 4.90 Å². The molecule has 0 atom stereocenters. The number of aliphatic hydroxyl groups excluding tert-OH is 1. The predicted octanol–water partition coefficient (Wildman–Crippen LogP) is 4.11. The van der Waals surface area contributed by atoms with Gasteiger partial charge in [0.1, 0.15) is 0 Å². The van der Waals surface area contributed by atoms with Crippen LogP contribution in [0, 0.1) is 0 Å². The predicted molar refractivity (Wildman–Crippen MR) is 124 cm³/mol. The number of carbonyl (C=O) groups excluding carboxylic acids is 1. The third-order valence-electron chi connectivity index (χ3n) is 7.00. The summed E-state index contributed by atoms with van der Waals surface area (Å²) in [6.07, 6.45) is 4.20. The topological polar surface area (TPSA) is 55.8 Å². The first-order valence-corrected chi connectivity index (χ1v) is 11.4.